The van der Waals surface area contributed by atoms with Crippen molar-refractivity contribution in [2.24, 2.45) is 4.99 Å². The third kappa shape index (κ3) is 8.52. The van der Waals surface area contributed by atoms with E-state index in [9.17, 15) is 0 Å². The molecule has 0 fully saturated rings. The van der Waals surface area contributed by atoms with E-state index in [1.165, 1.54) is 0 Å². The van der Waals surface area contributed by atoms with Gasteiger partial charge in [0.2, 0.25) is 5.62 Å². The molecule has 3 atom stereocenters. The van der Waals surface area contributed by atoms with Crippen LogP contribution in [-0.2, 0) is 16.3 Å². The summed E-state index contributed by atoms with van der Waals surface area (Å²) in [5.74, 6) is 0. The average Bonchev–Trinajstić information content (AvgIpc) is 2.27. The summed E-state index contributed by atoms with van der Waals surface area (Å²) in [4.78, 5) is 4.40. The number of rotatable bonds is 9. The van der Waals surface area contributed by atoms with Gasteiger partial charge in [0.05, 0.1) is 12.4 Å². The molecule has 108 valence electrons. The van der Waals surface area contributed by atoms with Crippen molar-refractivity contribution >= 4 is 35.1 Å². The van der Waals surface area contributed by atoms with Crippen molar-refractivity contribution in [2.45, 2.75) is 71.8 Å². The molecule has 0 aromatic heterocycles. The molecule has 0 saturated carbocycles. The molecule has 0 aromatic carbocycles. The highest BCUT2D eigenvalue weighted by Crippen LogP contribution is 2.59. The van der Waals surface area contributed by atoms with Crippen LogP contribution >= 0.6 is 17.0 Å². The minimum Gasteiger partial charge on any atom is -0.324 e. The third-order valence-electron chi connectivity index (χ3n) is 2.38. The van der Waals surface area contributed by atoms with E-state index in [0.717, 1.165) is 12.8 Å². The van der Waals surface area contributed by atoms with Gasteiger partial charge in [0.15, 0.2) is 0 Å². The summed E-state index contributed by atoms with van der Waals surface area (Å²) in [7, 11) is 0. The molecule has 0 amide bonds. The van der Waals surface area contributed by atoms with Gasteiger partial charge in [-0.2, -0.15) is 0 Å². The van der Waals surface area contributed by atoms with Crippen LogP contribution in [0.4, 0.5) is 0 Å². The summed E-state index contributed by atoms with van der Waals surface area (Å²) in [6, 6.07) is 0.327. The van der Waals surface area contributed by atoms with Gasteiger partial charge in [0, 0.05) is 11.3 Å². The highest BCUT2D eigenvalue weighted by Gasteiger charge is 2.22. The van der Waals surface area contributed by atoms with Crippen molar-refractivity contribution in [2.75, 3.05) is 0 Å². The van der Waals surface area contributed by atoms with Gasteiger partial charge in [-0.1, -0.05) is 32.2 Å². The fourth-order valence-corrected chi connectivity index (χ4v) is 7.41. The van der Waals surface area contributed by atoms with E-state index >= 15 is 0 Å². The van der Waals surface area contributed by atoms with E-state index in [1.54, 1.807) is 17.7 Å². The Labute approximate surface area is 121 Å². The first-order valence-electron chi connectivity index (χ1n) is 6.59. The second-order valence-corrected chi connectivity index (χ2v) is 11.5. The lowest BCUT2D eigenvalue weighted by Gasteiger charge is -2.26. The van der Waals surface area contributed by atoms with Gasteiger partial charge in [-0.3, -0.25) is 4.99 Å². The van der Waals surface area contributed by atoms with Crippen LogP contribution in [0.1, 0.15) is 54.4 Å². The number of hydrogen-bond acceptors (Lipinski definition) is 4. The zero-order valence-corrected chi connectivity index (χ0v) is 14.9. The van der Waals surface area contributed by atoms with E-state index in [-0.39, 0.29) is 6.10 Å². The first kappa shape index (κ1) is 18.4. The molecule has 0 saturated heterocycles. The van der Waals surface area contributed by atoms with Crippen molar-refractivity contribution in [3.05, 3.63) is 0 Å². The third-order valence-corrected chi connectivity index (χ3v) is 8.32. The molecule has 0 aliphatic carbocycles. The van der Waals surface area contributed by atoms with Crippen molar-refractivity contribution in [3.63, 3.8) is 0 Å². The summed E-state index contributed by atoms with van der Waals surface area (Å²) in [5.41, 5.74) is -2.06. The second-order valence-electron chi connectivity index (χ2n) is 4.64. The number of nitrogens with zero attached hydrogens (tertiary/aromatic N) is 1. The molecule has 6 heteroatoms. The van der Waals surface area contributed by atoms with Crippen LogP contribution in [0.15, 0.2) is 4.99 Å². The Hall–Kier alpha value is 0.430. The predicted octanol–water partition coefficient (Wildman–Crippen LogP) is 4.58. The van der Waals surface area contributed by atoms with Crippen LogP contribution in [0, 0.1) is 0 Å². The van der Waals surface area contributed by atoms with Crippen molar-refractivity contribution in [3.8, 4) is 0 Å². The Morgan fingerprint density at radius 1 is 1.28 bits per heavy atom. The summed E-state index contributed by atoms with van der Waals surface area (Å²) < 4.78 is 5.91. The fraction of sp³-hybridized carbons (Fsp3) is 0.917. The molecule has 0 aliphatic rings. The molecule has 0 aromatic rings. The van der Waals surface area contributed by atoms with Crippen LogP contribution in [0.25, 0.3) is 0 Å². The largest absolute Gasteiger partial charge is 0.324 e. The van der Waals surface area contributed by atoms with Crippen molar-refractivity contribution in [1.29, 1.82) is 0 Å². The van der Waals surface area contributed by atoms with Crippen LogP contribution in [-0.4, -0.2) is 23.7 Å². The van der Waals surface area contributed by atoms with Gasteiger partial charge >= 0.3 is 0 Å². The first-order chi connectivity index (χ1) is 8.33. The molecule has 3 unspecified atom stereocenters. The maximum atomic E-state index is 5.91. The molecule has 0 radical (unpaired) electrons. The molecule has 0 aliphatic heterocycles. The monoisotopic (exact) mass is 310 g/mol. The first-order valence-corrected chi connectivity index (χ1v) is 10.8. The van der Waals surface area contributed by atoms with Crippen LogP contribution in [0.3, 0.4) is 0 Å². The Morgan fingerprint density at radius 2 is 1.89 bits per heavy atom. The minimum atomic E-state index is -2.06. The summed E-state index contributed by atoms with van der Waals surface area (Å²) in [6.07, 6.45) is 4.00. The second kappa shape index (κ2) is 9.35. The molecule has 1 N–H and O–H groups in total. The minimum absolute atomic E-state index is 0.136. The SMILES string of the molecule is CCC(C)N=CNP(=S)(OC(C)C)SC(C)CC. The highest BCUT2D eigenvalue weighted by atomic mass is 32.9. The number of nitrogens with one attached hydrogen (secondary N) is 1. The Kier molecular flexibility index (Phi) is 9.58. The lowest BCUT2D eigenvalue weighted by Crippen LogP contribution is -2.14. The lowest BCUT2D eigenvalue weighted by molar-refractivity contribution is 0.274. The smallest absolute Gasteiger partial charge is 0.211 e. The number of hydrogen-bond donors (Lipinski definition) is 1. The topological polar surface area (TPSA) is 33.6 Å². The lowest BCUT2D eigenvalue weighted by atomic mass is 10.3. The summed E-state index contributed by atoms with van der Waals surface area (Å²) in [6.45, 7) is 12.6. The maximum Gasteiger partial charge on any atom is 0.211 e. The molecule has 18 heavy (non-hydrogen) atoms. The maximum absolute atomic E-state index is 5.91. The van der Waals surface area contributed by atoms with Gasteiger partial charge in [-0.15, -0.1) is 0 Å². The van der Waals surface area contributed by atoms with Crippen LogP contribution in [0.5, 0.6) is 0 Å². The van der Waals surface area contributed by atoms with Crippen LogP contribution in [0.2, 0.25) is 0 Å². The van der Waals surface area contributed by atoms with E-state index in [0.29, 0.717) is 11.3 Å². The van der Waals surface area contributed by atoms with Gasteiger partial charge in [0.1, 0.15) is 0 Å². The Morgan fingerprint density at radius 3 is 2.33 bits per heavy atom. The van der Waals surface area contributed by atoms with Crippen LogP contribution < -0.4 is 5.09 Å². The fourth-order valence-electron chi connectivity index (χ4n) is 1.01. The highest BCUT2D eigenvalue weighted by molar-refractivity contribution is 8.69. The predicted molar refractivity (Wildman–Crippen MR) is 89.2 cm³/mol. The standard InChI is InChI=1S/C12H27N2OPS2/c1-7-11(5)13-9-14-16(17,15-10(3)4)18-12(6)8-2/h9-12H,7-8H2,1-6H3,(H,13,14,17). The van der Waals surface area contributed by atoms with Crippen molar-refractivity contribution in [1.82, 2.24) is 5.09 Å². The zero-order chi connectivity index (χ0) is 14.2. The molecule has 3 nitrogen and oxygen atoms in total. The molecular formula is C12H27N2OPS2. The van der Waals surface area contributed by atoms with E-state index in [4.69, 9.17) is 16.3 Å². The zero-order valence-electron chi connectivity index (χ0n) is 12.3. The van der Waals surface area contributed by atoms with Gasteiger partial charge < -0.3 is 9.61 Å². The average molecular weight is 310 g/mol. The van der Waals surface area contributed by atoms with E-state index < -0.39 is 5.62 Å². The number of aliphatic imine (C=N–C) groups is 1. The normalized spacial score (nSPS) is 18.8. The molecule has 0 spiro atoms. The van der Waals surface area contributed by atoms with Gasteiger partial charge in [-0.25, -0.2) is 0 Å². The molecule has 0 bridgehead atoms. The van der Waals surface area contributed by atoms with E-state index in [1.807, 2.05) is 13.8 Å². The van der Waals surface area contributed by atoms with Crippen molar-refractivity contribution < 1.29 is 4.52 Å². The summed E-state index contributed by atoms with van der Waals surface area (Å²) >= 11 is 7.39. The molecular weight excluding hydrogens is 283 g/mol. The quantitative estimate of drug-likeness (QED) is 0.384. The molecule has 0 rings (SSSR count). The summed E-state index contributed by atoms with van der Waals surface area (Å²) in [5, 5.41) is 3.73. The Bertz CT molecular complexity index is 298. The molecule has 0 heterocycles. The van der Waals surface area contributed by atoms with Gasteiger partial charge in [-0.05, 0) is 45.4 Å². The van der Waals surface area contributed by atoms with Gasteiger partial charge in [0.25, 0.3) is 0 Å². The van der Waals surface area contributed by atoms with E-state index in [2.05, 4.69) is 37.8 Å². The Balaban J connectivity index is 4.57.